The fourth-order valence-corrected chi connectivity index (χ4v) is 4.29. The number of hydrogen-bond acceptors (Lipinski definition) is 5. The molecule has 2 heterocycles. The number of nitrogens with one attached hydrogen (secondary N) is 1. The Labute approximate surface area is 184 Å². The second-order valence-electron chi connectivity index (χ2n) is 7.26. The summed E-state index contributed by atoms with van der Waals surface area (Å²) in [5, 5.41) is 2.98. The van der Waals surface area contributed by atoms with Gasteiger partial charge in [0.15, 0.2) is 4.96 Å². The van der Waals surface area contributed by atoms with E-state index in [2.05, 4.69) is 10.3 Å². The first-order chi connectivity index (χ1) is 15.0. The van der Waals surface area contributed by atoms with Crippen molar-refractivity contribution < 1.29 is 9.53 Å². The van der Waals surface area contributed by atoms with E-state index in [0.29, 0.717) is 28.5 Å². The SMILES string of the molecule is CC[C@H](C(=O)Nc1cccc(OCc2cc(=O)n3cc(C)sc3n2)c1)c1ccccc1. The van der Waals surface area contributed by atoms with E-state index in [1.54, 1.807) is 12.3 Å². The standard InChI is InChI=1S/C24H23N3O3S/c1-3-21(17-8-5-4-6-9-17)23(29)25-18-10-7-11-20(12-18)30-15-19-13-22(28)27-14-16(2)31-24(27)26-19/h4-14,21H,3,15H2,1-2H3,(H,25,29)/t21-/m0/s1. The predicted molar refractivity (Wildman–Crippen MR) is 123 cm³/mol. The minimum absolute atomic E-state index is 0.0564. The lowest BCUT2D eigenvalue weighted by Crippen LogP contribution is -2.20. The highest BCUT2D eigenvalue weighted by atomic mass is 32.1. The van der Waals surface area contributed by atoms with Gasteiger partial charge in [0.2, 0.25) is 5.91 Å². The largest absolute Gasteiger partial charge is 0.487 e. The molecule has 0 aliphatic carbocycles. The van der Waals surface area contributed by atoms with Gasteiger partial charge >= 0.3 is 0 Å². The molecule has 2 aromatic carbocycles. The number of carbonyl (C=O) groups is 1. The highest BCUT2D eigenvalue weighted by molar-refractivity contribution is 7.16. The number of amides is 1. The molecule has 1 N–H and O–H groups in total. The number of ether oxygens (including phenoxy) is 1. The number of thiazole rings is 1. The number of nitrogens with zero attached hydrogens (tertiary/aromatic N) is 2. The molecule has 4 aromatic rings. The van der Waals surface area contributed by atoms with Crippen LogP contribution in [0.4, 0.5) is 5.69 Å². The highest BCUT2D eigenvalue weighted by Gasteiger charge is 2.18. The Morgan fingerprint density at radius 3 is 2.74 bits per heavy atom. The smallest absolute Gasteiger partial charge is 0.258 e. The molecule has 0 spiro atoms. The molecule has 0 aliphatic rings. The minimum Gasteiger partial charge on any atom is -0.487 e. The molecule has 0 saturated carbocycles. The average molecular weight is 434 g/mol. The van der Waals surface area contributed by atoms with Crippen LogP contribution < -0.4 is 15.6 Å². The number of benzene rings is 2. The number of anilines is 1. The van der Waals surface area contributed by atoms with Gasteiger partial charge in [-0.05, 0) is 31.0 Å². The monoisotopic (exact) mass is 433 g/mol. The van der Waals surface area contributed by atoms with Crippen LogP contribution in [0.2, 0.25) is 0 Å². The van der Waals surface area contributed by atoms with E-state index in [1.807, 2.05) is 62.4 Å². The summed E-state index contributed by atoms with van der Waals surface area (Å²) < 4.78 is 7.38. The summed E-state index contributed by atoms with van der Waals surface area (Å²) in [7, 11) is 0. The Morgan fingerprint density at radius 1 is 1.16 bits per heavy atom. The van der Waals surface area contributed by atoms with Crippen molar-refractivity contribution >= 4 is 27.9 Å². The van der Waals surface area contributed by atoms with Gasteiger partial charge in [0.25, 0.3) is 5.56 Å². The van der Waals surface area contributed by atoms with Crippen LogP contribution in [0.1, 0.15) is 35.4 Å². The Bertz CT molecular complexity index is 1260. The average Bonchev–Trinajstić information content (AvgIpc) is 3.15. The van der Waals surface area contributed by atoms with Crippen molar-refractivity contribution in [2.45, 2.75) is 32.8 Å². The van der Waals surface area contributed by atoms with Crippen molar-refractivity contribution in [2.24, 2.45) is 0 Å². The third-order valence-corrected chi connectivity index (χ3v) is 5.85. The first kappa shape index (κ1) is 20.8. The quantitative estimate of drug-likeness (QED) is 0.455. The van der Waals surface area contributed by atoms with Crippen molar-refractivity contribution in [3.63, 3.8) is 0 Å². The molecular weight excluding hydrogens is 410 g/mol. The summed E-state index contributed by atoms with van der Waals surface area (Å²) in [6.07, 6.45) is 2.49. The molecule has 0 unspecified atom stereocenters. The summed E-state index contributed by atoms with van der Waals surface area (Å²) in [6.45, 7) is 4.11. The van der Waals surface area contributed by atoms with Crippen molar-refractivity contribution in [3.05, 3.63) is 93.3 Å². The van der Waals surface area contributed by atoms with Crippen molar-refractivity contribution in [1.29, 1.82) is 0 Å². The lowest BCUT2D eigenvalue weighted by atomic mass is 9.95. The Morgan fingerprint density at radius 2 is 1.97 bits per heavy atom. The van der Waals surface area contributed by atoms with Gasteiger partial charge in [0.05, 0.1) is 11.6 Å². The number of rotatable bonds is 7. The van der Waals surface area contributed by atoms with E-state index in [9.17, 15) is 9.59 Å². The van der Waals surface area contributed by atoms with Gasteiger partial charge in [0.1, 0.15) is 12.4 Å². The summed E-state index contributed by atoms with van der Waals surface area (Å²) in [6, 6.07) is 18.5. The third-order valence-electron chi connectivity index (χ3n) is 4.95. The van der Waals surface area contributed by atoms with Gasteiger partial charge in [-0.3, -0.25) is 14.0 Å². The molecular formula is C24H23N3O3S. The van der Waals surface area contributed by atoms with E-state index in [-0.39, 0.29) is 24.0 Å². The van der Waals surface area contributed by atoms with Crippen molar-refractivity contribution in [3.8, 4) is 5.75 Å². The molecule has 0 bridgehead atoms. The number of hydrogen-bond donors (Lipinski definition) is 1. The minimum atomic E-state index is -0.219. The molecule has 0 aliphatic heterocycles. The lowest BCUT2D eigenvalue weighted by Gasteiger charge is -2.16. The van der Waals surface area contributed by atoms with Crippen molar-refractivity contribution in [2.75, 3.05) is 5.32 Å². The molecule has 0 saturated heterocycles. The Kier molecular flexibility index (Phi) is 6.13. The normalized spacial score (nSPS) is 11.9. The van der Waals surface area contributed by atoms with Gasteiger partial charge in [-0.25, -0.2) is 4.98 Å². The van der Waals surface area contributed by atoms with E-state index >= 15 is 0 Å². The van der Waals surface area contributed by atoms with E-state index in [4.69, 9.17) is 4.74 Å². The number of aromatic nitrogens is 2. The zero-order chi connectivity index (χ0) is 21.8. The van der Waals surface area contributed by atoms with Crippen LogP contribution >= 0.6 is 11.3 Å². The molecule has 6 nitrogen and oxygen atoms in total. The van der Waals surface area contributed by atoms with Gasteiger partial charge in [-0.2, -0.15) is 0 Å². The first-order valence-electron chi connectivity index (χ1n) is 10.1. The van der Waals surface area contributed by atoms with Crippen LogP contribution in [0.25, 0.3) is 4.96 Å². The zero-order valence-electron chi connectivity index (χ0n) is 17.4. The number of fused-ring (bicyclic) bond motifs is 1. The van der Waals surface area contributed by atoms with Gasteiger partial charge in [-0.1, -0.05) is 43.3 Å². The number of carbonyl (C=O) groups excluding carboxylic acids is 1. The molecule has 1 amide bonds. The zero-order valence-corrected chi connectivity index (χ0v) is 18.2. The van der Waals surface area contributed by atoms with Crippen LogP contribution in [0.5, 0.6) is 5.75 Å². The molecule has 158 valence electrons. The summed E-state index contributed by atoms with van der Waals surface area (Å²) in [5.41, 5.74) is 2.10. The molecule has 4 rings (SSSR count). The van der Waals surface area contributed by atoms with Gasteiger partial charge < -0.3 is 10.1 Å². The maximum atomic E-state index is 12.8. The molecule has 2 aromatic heterocycles. The van der Waals surface area contributed by atoms with Crippen molar-refractivity contribution in [1.82, 2.24) is 9.38 Å². The molecule has 1 atom stereocenters. The summed E-state index contributed by atoms with van der Waals surface area (Å²) >= 11 is 1.46. The third kappa shape index (κ3) is 4.83. The second kappa shape index (κ2) is 9.14. The summed E-state index contributed by atoms with van der Waals surface area (Å²) in [4.78, 5) is 31.2. The fraction of sp³-hybridized carbons (Fsp3) is 0.208. The Hall–Kier alpha value is -3.45. The molecule has 0 radical (unpaired) electrons. The van der Waals surface area contributed by atoms with Crippen LogP contribution in [0, 0.1) is 6.92 Å². The molecule has 0 fully saturated rings. The topological polar surface area (TPSA) is 72.7 Å². The van der Waals surface area contributed by atoms with E-state index < -0.39 is 0 Å². The second-order valence-corrected chi connectivity index (χ2v) is 8.47. The summed E-state index contributed by atoms with van der Waals surface area (Å²) in [5.74, 6) is 0.318. The maximum Gasteiger partial charge on any atom is 0.258 e. The number of aryl methyl sites for hydroxylation is 1. The molecule has 31 heavy (non-hydrogen) atoms. The van der Waals surface area contributed by atoms with Crippen LogP contribution in [-0.4, -0.2) is 15.3 Å². The van der Waals surface area contributed by atoms with Crippen LogP contribution in [-0.2, 0) is 11.4 Å². The lowest BCUT2D eigenvalue weighted by molar-refractivity contribution is -0.117. The Balaban J connectivity index is 1.45. The van der Waals surface area contributed by atoms with Gasteiger partial charge in [0, 0.05) is 28.9 Å². The molecule has 7 heteroatoms. The first-order valence-corrected chi connectivity index (χ1v) is 10.9. The van der Waals surface area contributed by atoms with Crippen LogP contribution in [0.15, 0.2) is 71.7 Å². The van der Waals surface area contributed by atoms with Crippen LogP contribution in [0.3, 0.4) is 0 Å². The van der Waals surface area contributed by atoms with Gasteiger partial charge in [-0.15, -0.1) is 11.3 Å². The predicted octanol–water partition coefficient (Wildman–Crippen LogP) is 4.78. The van der Waals surface area contributed by atoms with E-state index in [1.165, 1.54) is 21.8 Å². The fourth-order valence-electron chi connectivity index (χ4n) is 3.44. The van der Waals surface area contributed by atoms with E-state index in [0.717, 1.165) is 10.4 Å². The highest BCUT2D eigenvalue weighted by Crippen LogP contribution is 2.24. The maximum absolute atomic E-state index is 12.8.